The monoisotopic (exact) mass is 299 g/mol. The molecule has 0 aliphatic rings. The van der Waals surface area contributed by atoms with Crippen molar-refractivity contribution in [2.24, 2.45) is 5.73 Å². The van der Waals surface area contributed by atoms with E-state index in [1.165, 1.54) is 12.1 Å². The second-order valence-electron chi connectivity index (χ2n) is 4.39. The topological polar surface area (TPSA) is 70.1 Å². The quantitative estimate of drug-likeness (QED) is 0.655. The average molecular weight is 300 g/mol. The number of hydrogen-bond acceptors (Lipinski definition) is 3. The lowest BCUT2D eigenvalue weighted by Crippen LogP contribution is -2.20. The van der Waals surface area contributed by atoms with E-state index in [0.717, 1.165) is 0 Å². The summed E-state index contributed by atoms with van der Waals surface area (Å²) in [6.45, 7) is 2.33. The number of carbonyl (C=O) groups is 1. The lowest BCUT2D eigenvalue weighted by atomic mass is 10.3. The van der Waals surface area contributed by atoms with Crippen LogP contribution < -0.4 is 5.73 Å². The zero-order valence-corrected chi connectivity index (χ0v) is 11.7. The molecule has 0 saturated carbocycles. The van der Waals surface area contributed by atoms with Crippen LogP contribution in [-0.4, -0.2) is 28.7 Å². The molecule has 0 spiro atoms. The number of alkyl halides is 1. The van der Waals surface area contributed by atoms with Crippen molar-refractivity contribution in [1.82, 2.24) is 9.55 Å². The van der Waals surface area contributed by atoms with Crippen LogP contribution in [0.3, 0.4) is 0 Å². The number of ether oxygens (including phenoxy) is 1. The predicted molar refractivity (Wildman–Crippen MR) is 74.0 cm³/mol. The molecule has 0 bridgehead atoms. The van der Waals surface area contributed by atoms with Crippen LogP contribution in [0.25, 0.3) is 11.0 Å². The summed E-state index contributed by atoms with van der Waals surface area (Å²) in [4.78, 5) is 15.0. The van der Waals surface area contributed by atoms with Crippen LogP contribution >= 0.6 is 11.6 Å². The van der Waals surface area contributed by atoms with E-state index >= 15 is 0 Å². The van der Waals surface area contributed by atoms with Gasteiger partial charge < -0.3 is 15.0 Å². The Morgan fingerprint density at radius 3 is 3.00 bits per heavy atom. The number of amides is 1. The van der Waals surface area contributed by atoms with E-state index in [9.17, 15) is 9.18 Å². The molecule has 1 aromatic heterocycles. The summed E-state index contributed by atoms with van der Waals surface area (Å²) < 4.78 is 20.3. The third-order valence-corrected chi connectivity index (χ3v) is 2.99. The number of benzene rings is 1. The summed E-state index contributed by atoms with van der Waals surface area (Å²) in [5.74, 6) is -0.238. The summed E-state index contributed by atoms with van der Waals surface area (Å²) in [6, 6.07) is 4.36. The number of nitrogens with two attached hydrogens (primary N) is 1. The number of hydrogen-bond donors (Lipinski definition) is 1. The van der Waals surface area contributed by atoms with Gasteiger partial charge in [-0.25, -0.2) is 9.37 Å². The number of primary amides is 1. The Bertz CT molecular complexity index is 627. The van der Waals surface area contributed by atoms with Crippen LogP contribution in [-0.2, 0) is 16.1 Å². The molecule has 7 heteroatoms. The Morgan fingerprint density at radius 2 is 2.35 bits per heavy atom. The van der Waals surface area contributed by atoms with Crippen molar-refractivity contribution >= 4 is 28.5 Å². The van der Waals surface area contributed by atoms with Crippen LogP contribution in [0.1, 0.15) is 18.1 Å². The molecular weight excluding hydrogens is 285 g/mol. The second kappa shape index (κ2) is 6.19. The van der Waals surface area contributed by atoms with Crippen molar-refractivity contribution in [3.63, 3.8) is 0 Å². The van der Waals surface area contributed by atoms with Gasteiger partial charge in [-0.05, 0) is 25.1 Å². The Hall–Kier alpha value is -1.66. The molecule has 2 N–H and O–H groups in total. The maximum atomic E-state index is 13.4. The van der Waals surface area contributed by atoms with E-state index in [4.69, 9.17) is 22.1 Å². The van der Waals surface area contributed by atoms with Gasteiger partial charge in [0.05, 0.1) is 23.0 Å². The Balaban J connectivity index is 2.26. The summed E-state index contributed by atoms with van der Waals surface area (Å²) >= 11 is 6.09. The van der Waals surface area contributed by atoms with Gasteiger partial charge in [0.25, 0.3) is 0 Å². The SMILES string of the molecule is CC(Cl)c1nc2ccc(F)cc2n1CCOCC(N)=O. The number of rotatable bonds is 6. The number of nitrogens with zero attached hydrogens (tertiary/aromatic N) is 2. The molecule has 2 aromatic rings. The normalized spacial score (nSPS) is 12.8. The van der Waals surface area contributed by atoms with Crippen molar-refractivity contribution in [3.8, 4) is 0 Å². The number of imidazole rings is 1. The predicted octanol–water partition coefficient (Wildman–Crippen LogP) is 1.98. The van der Waals surface area contributed by atoms with Gasteiger partial charge >= 0.3 is 0 Å². The Labute approximate surface area is 120 Å². The van der Waals surface area contributed by atoms with Crippen LogP contribution in [0.2, 0.25) is 0 Å². The first kappa shape index (κ1) is 14.7. The van der Waals surface area contributed by atoms with E-state index in [1.54, 1.807) is 17.6 Å². The standard InChI is InChI=1S/C13H15ClFN3O2/c1-8(14)13-17-10-3-2-9(15)6-11(10)18(13)4-5-20-7-12(16)19/h2-3,6,8H,4-5,7H2,1H3,(H2,16,19). The van der Waals surface area contributed by atoms with Gasteiger partial charge in [0.1, 0.15) is 18.2 Å². The molecule has 0 radical (unpaired) electrons. The Kier molecular flexibility index (Phi) is 4.57. The fraction of sp³-hybridized carbons (Fsp3) is 0.385. The molecule has 1 atom stereocenters. The first-order valence-corrected chi connectivity index (χ1v) is 6.58. The van der Waals surface area contributed by atoms with Gasteiger partial charge in [0.15, 0.2) is 0 Å². The molecule has 1 amide bonds. The molecule has 1 unspecified atom stereocenters. The number of halogens is 2. The molecule has 5 nitrogen and oxygen atoms in total. The van der Waals surface area contributed by atoms with E-state index in [-0.39, 0.29) is 24.4 Å². The van der Waals surface area contributed by atoms with Gasteiger partial charge in [0.2, 0.25) is 5.91 Å². The number of aromatic nitrogens is 2. The molecule has 20 heavy (non-hydrogen) atoms. The van der Waals surface area contributed by atoms with Crippen molar-refractivity contribution in [2.75, 3.05) is 13.2 Å². The zero-order valence-electron chi connectivity index (χ0n) is 11.0. The van der Waals surface area contributed by atoms with Crippen LogP contribution in [0.4, 0.5) is 4.39 Å². The molecule has 0 saturated heterocycles. The number of carbonyl (C=O) groups excluding carboxylic acids is 1. The summed E-state index contributed by atoms with van der Waals surface area (Å²) in [5.41, 5.74) is 6.31. The largest absolute Gasteiger partial charge is 0.370 e. The molecule has 1 heterocycles. The maximum absolute atomic E-state index is 13.4. The van der Waals surface area contributed by atoms with Crippen LogP contribution in [0.15, 0.2) is 18.2 Å². The van der Waals surface area contributed by atoms with Gasteiger partial charge in [-0.15, -0.1) is 11.6 Å². The van der Waals surface area contributed by atoms with Crippen molar-refractivity contribution in [1.29, 1.82) is 0 Å². The molecular formula is C13H15ClFN3O2. The molecule has 2 rings (SSSR count). The minimum Gasteiger partial charge on any atom is -0.370 e. The van der Waals surface area contributed by atoms with Crippen molar-refractivity contribution in [2.45, 2.75) is 18.8 Å². The Morgan fingerprint density at radius 1 is 1.60 bits per heavy atom. The minimum absolute atomic E-state index is 0.146. The van der Waals surface area contributed by atoms with Gasteiger partial charge in [-0.2, -0.15) is 0 Å². The lowest BCUT2D eigenvalue weighted by Gasteiger charge is -2.10. The fourth-order valence-corrected chi connectivity index (χ4v) is 2.15. The minimum atomic E-state index is -0.530. The molecule has 0 aliphatic carbocycles. The van der Waals surface area contributed by atoms with Gasteiger partial charge in [0, 0.05) is 6.54 Å². The van der Waals surface area contributed by atoms with Gasteiger partial charge in [-0.1, -0.05) is 0 Å². The molecule has 108 valence electrons. The van der Waals surface area contributed by atoms with Crippen molar-refractivity contribution < 1.29 is 13.9 Å². The molecule has 0 fully saturated rings. The average Bonchev–Trinajstić information content (AvgIpc) is 2.73. The zero-order chi connectivity index (χ0) is 14.7. The van der Waals surface area contributed by atoms with E-state index < -0.39 is 5.91 Å². The highest BCUT2D eigenvalue weighted by molar-refractivity contribution is 6.20. The van der Waals surface area contributed by atoms with Gasteiger partial charge in [-0.3, -0.25) is 4.79 Å². The summed E-state index contributed by atoms with van der Waals surface area (Å²) in [7, 11) is 0. The fourth-order valence-electron chi connectivity index (χ4n) is 1.98. The third-order valence-electron chi connectivity index (χ3n) is 2.80. The smallest absolute Gasteiger partial charge is 0.243 e. The molecule has 0 aliphatic heterocycles. The summed E-state index contributed by atoms with van der Waals surface area (Å²) in [5, 5.41) is -0.318. The first-order chi connectivity index (χ1) is 9.49. The van der Waals surface area contributed by atoms with E-state index in [2.05, 4.69) is 4.98 Å². The highest BCUT2D eigenvalue weighted by atomic mass is 35.5. The van der Waals surface area contributed by atoms with Crippen molar-refractivity contribution in [3.05, 3.63) is 29.8 Å². The van der Waals surface area contributed by atoms with E-state index in [1.807, 2.05) is 0 Å². The number of fused-ring (bicyclic) bond motifs is 1. The first-order valence-electron chi connectivity index (χ1n) is 6.15. The molecule has 1 aromatic carbocycles. The highest BCUT2D eigenvalue weighted by Crippen LogP contribution is 2.25. The second-order valence-corrected chi connectivity index (χ2v) is 5.04. The van der Waals surface area contributed by atoms with Crippen LogP contribution in [0, 0.1) is 5.82 Å². The van der Waals surface area contributed by atoms with Crippen LogP contribution in [0.5, 0.6) is 0 Å². The highest BCUT2D eigenvalue weighted by Gasteiger charge is 2.15. The summed E-state index contributed by atoms with van der Waals surface area (Å²) in [6.07, 6.45) is 0. The lowest BCUT2D eigenvalue weighted by molar-refractivity contribution is -0.122. The van der Waals surface area contributed by atoms with E-state index in [0.29, 0.717) is 23.4 Å². The third kappa shape index (κ3) is 3.26. The maximum Gasteiger partial charge on any atom is 0.243 e.